The number of benzene rings is 2. The number of aromatic hydroxyl groups is 1. The number of likely N-dealkylation sites (tertiary alicyclic amines) is 1. The van der Waals surface area contributed by atoms with Gasteiger partial charge in [-0.25, -0.2) is 4.98 Å². The van der Waals surface area contributed by atoms with Gasteiger partial charge in [-0.15, -0.1) is 11.3 Å². The summed E-state index contributed by atoms with van der Waals surface area (Å²) in [6.07, 6.45) is 2.00. The number of carbonyl (C=O) groups is 3. The van der Waals surface area contributed by atoms with Crippen molar-refractivity contribution in [3.63, 3.8) is 0 Å². The summed E-state index contributed by atoms with van der Waals surface area (Å²) in [5, 5.41) is 13.5. The van der Waals surface area contributed by atoms with Gasteiger partial charge in [0.2, 0.25) is 18.2 Å². The minimum absolute atomic E-state index is 0.0951. The van der Waals surface area contributed by atoms with Gasteiger partial charge < -0.3 is 20.2 Å². The lowest BCUT2D eigenvalue weighted by Crippen LogP contribution is -2.54. The maximum atomic E-state index is 13.8. The van der Waals surface area contributed by atoms with Gasteiger partial charge in [-0.1, -0.05) is 50.2 Å². The van der Waals surface area contributed by atoms with E-state index in [9.17, 15) is 19.5 Å². The number of hydrogen-bond donors (Lipinski definition) is 2. The molecule has 0 saturated carbocycles. The highest BCUT2D eigenvalue weighted by Crippen LogP contribution is 2.31. The number of phenolic OH excluding ortho intramolecular Hbond substituents is 1. The Morgan fingerprint density at radius 1 is 1.21 bits per heavy atom. The molecule has 1 fully saturated rings. The second-order valence-corrected chi connectivity index (χ2v) is 11.3. The third-order valence-electron chi connectivity index (χ3n) is 7.38. The van der Waals surface area contributed by atoms with E-state index in [0.29, 0.717) is 31.5 Å². The number of phenols is 1. The smallest absolute Gasteiger partial charge is 0.246 e. The molecule has 206 valence electrons. The van der Waals surface area contributed by atoms with Crippen LogP contribution in [0, 0.1) is 19.8 Å². The van der Waals surface area contributed by atoms with Crippen molar-refractivity contribution < 1.29 is 19.5 Å². The molecule has 1 aliphatic heterocycles. The first-order chi connectivity index (χ1) is 18.7. The Bertz CT molecular complexity index is 1340. The molecule has 0 bridgehead atoms. The van der Waals surface area contributed by atoms with Crippen LogP contribution in [0.2, 0.25) is 0 Å². The fourth-order valence-electron chi connectivity index (χ4n) is 5.20. The van der Waals surface area contributed by atoms with Crippen LogP contribution in [0.15, 0.2) is 48.0 Å². The van der Waals surface area contributed by atoms with Gasteiger partial charge in [-0.3, -0.25) is 14.4 Å². The molecular weight excluding hydrogens is 512 g/mol. The Balaban J connectivity index is 1.44. The van der Waals surface area contributed by atoms with Gasteiger partial charge in [0.15, 0.2) is 0 Å². The second-order valence-electron chi connectivity index (χ2n) is 10.4. The first-order valence-electron chi connectivity index (χ1n) is 13.3. The summed E-state index contributed by atoms with van der Waals surface area (Å²) in [5.74, 6) is -0.511. The van der Waals surface area contributed by atoms with E-state index >= 15 is 0 Å². The molecule has 8 nitrogen and oxygen atoms in total. The molecule has 1 aromatic heterocycles. The van der Waals surface area contributed by atoms with Crippen molar-refractivity contribution in [1.29, 1.82) is 0 Å². The number of nitrogens with one attached hydrogen (secondary N) is 1. The first kappa shape index (κ1) is 28.3. The molecule has 3 aromatic rings. The molecule has 39 heavy (non-hydrogen) atoms. The molecule has 1 saturated heterocycles. The average Bonchev–Trinajstić information content (AvgIpc) is 3.57. The van der Waals surface area contributed by atoms with Crippen molar-refractivity contribution in [2.45, 2.75) is 65.7 Å². The van der Waals surface area contributed by atoms with Crippen molar-refractivity contribution in [3.8, 4) is 16.2 Å². The van der Waals surface area contributed by atoms with Gasteiger partial charge in [0.05, 0.1) is 16.1 Å². The van der Waals surface area contributed by atoms with E-state index in [0.717, 1.165) is 33.7 Å². The third-order valence-corrected chi connectivity index (χ3v) is 8.35. The SMILES string of the molecule is Cc1ccccc1CN(C=O)C(C(=O)N1CCCC1C(=O)NCc1ccc(-c2scnc2C)cc1O)C(C)C. The molecule has 2 heterocycles. The van der Waals surface area contributed by atoms with Crippen LogP contribution in [-0.2, 0) is 27.5 Å². The highest BCUT2D eigenvalue weighted by molar-refractivity contribution is 7.13. The lowest BCUT2D eigenvalue weighted by Gasteiger charge is -2.35. The van der Waals surface area contributed by atoms with Crippen LogP contribution in [0.25, 0.3) is 10.4 Å². The molecule has 2 aromatic carbocycles. The highest BCUT2D eigenvalue weighted by atomic mass is 32.1. The zero-order chi connectivity index (χ0) is 28.1. The molecule has 0 radical (unpaired) electrons. The lowest BCUT2D eigenvalue weighted by atomic mass is 9.99. The number of carbonyl (C=O) groups excluding carboxylic acids is 3. The molecule has 0 aliphatic carbocycles. The maximum absolute atomic E-state index is 13.8. The first-order valence-corrected chi connectivity index (χ1v) is 14.1. The van der Waals surface area contributed by atoms with Crippen molar-refractivity contribution in [1.82, 2.24) is 20.1 Å². The summed E-state index contributed by atoms with van der Waals surface area (Å²) in [6.45, 7) is 8.68. The summed E-state index contributed by atoms with van der Waals surface area (Å²) >= 11 is 1.51. The Labute approximate surface area is 233 Å². The molecule has 2 atom stereocenters. The molecule has 3 amide bonds. The Morgan fingerprint density at radius 2 is 1.97 bits per heavy atom. The van der Waals surface area contributed by atoms with Crippen LogP contribution in [0.4, 0.5) is 0 Å². The predicted octanol–water partition coefficient (Wildman–Crippen LogP) is 4.42. The lowest BCUT2D eigenvalue weighted by molar-refractivity contribution is -0.147. The number of thiazole rings is 1. The molecule has 2 N–H and O–H groups in total. The summed E-state index contributed by atoms with van der Waals surface area (Å²) in [7, 11) is 0. The zero-order valence-electron chi connectivity index (χ0n) is 22.9. The van der Waals surface area contributed by atoms with Crippen molar-refractivity contribution in [2.75, 3.05) is 6.54 Å². The largest absolute Gasteiger partial charge is 0.508 e. The predicted molar refractivity (Wildman–Crippen MR) is 152 cm³/mol. The Hall–Kier alpha value is -3.72. The Kier molecular flexibility index (Phi) is 9.01. The summed E-state index contributed by atoms with van der Waals surface area (Å²) in [5.41, 5.74) is 6.17. The minimum Gasteiger partial charge on any atom is -0.508 e. The van der Waals surface area contributed by atoms with Crippen LogP contribution in [0.5, 0.6) is 5.75 Å². The highest BCUT2D eigenvalue weighted by Gasteiger charge is 2.40. The number of rotatable bonds is 10. The van der Waals surface area contributed by atoms with E-state index in [4.69, 9.17) is 0 Å². The molecule has 2 unspecified atom stereocenters. The molecular formula is C30H36N4O4S. The Morgan fingerprint density at radius 3 is 2.62 bits per heavy atom. The molecule has 9 heteroatoms. The minimum atomic E-state index is -0.678. The molecule has 0 spiro atoms. The second kappa shape index (κ2) is 12.4. The van der Waals surface area contributed by atoms with Gasteiger partial charge in [-0.05, 0) is 55.4 Å². The van der Waals surface area contributed by atoms with E-state index in [2.05, 4.69) is 10.3 Å². The van der Waals surface area contributed by atoms with Crippen molar-refractivity contribution in [2.24, 2.45) is 5.92 Å². The number of aromatic nitrogens is 1. The van der Waals surface area contributed by atoms with Crippen molar-refractivity contribution >= 4 is 29.6 Å². The fraction of sp³-hybridized carbons (Fsp3) is 0.400. The van der Waals surface area contributed by atoms with E-state index in [1.54, 1.807) is 27.4 Å². The number of nitrogens with zero attached hydrogens (tertiary/aromatic N) is 3. The van der Waals surface area contributed by atoms with E-state index in [1.165, 1.54) is 11.3 Å². The fourth-order valence-corrected chi connectivity index (χ4v) is 6.00. The summed E-state index contributed by atoms with van der Waals surface area (Å²) in [4.78, 5) is 47.6. The van der Waals surface area contributed by atoms with Gasteiger partial charge in [0.25, 0.3) is 0 Å². The van der Waals surface area contributed by atoms with E-state index in [1.807, 2.05) is 58.0 Å². The average molecular weight is 549 g/mol. The molecule has 4 rings (SSSR count). The van der Waals surface area contributed by atoms with Crippen LogP contribution in [0.3, 0.4) is 0 Å². The van der Waals surface area contributed by atoms with Gasteiger partial charge in [0, 0.05) is 25.2 Å². The normalized spacial score (nSPS) is 15.8. The van der Waals surface area contributed by atoms with Crippen LogP contribution >= 0.6 is 11.3 Å². The number of hydrogen-bond acceptors (Lipinski definition) is 6. The summed E-state index contributed by atoms with van der Waals surface area (Å²) < 4.78 is 0. The zero-order valence-corrected chi connectivity index (χ0v) is 23.7. The quantitative estimate of drug-likeness (QED) is 0.365. The molecule has 1 aliphatic rings. The maximum Gasteiger partial charge on any atom is 0.246 e. The van der Waals surface area contributed by atoms with E-state index in [-0.39, 0.29) is 30.0 Å². The van der Waals surface area contributed by atoms with Gasteiger partial charge in [-0.2, -0.15) is 0 Å². The van der Waals surface area contributed by atoms with Gasteiger partial charge >= 0.3 is 0 Å². The summed E-state index contributed by atoms with van der Waals surface area (Å²) in [6, 6.07) is 11.9. The van der Waals surface area contributed by atoms with Crippen LogP contribution in [0.1, 0.15) is 49.1 Å². The van der Waals surface area contributed by atoms with Crippen LogP contribution in [-0.4, -0.2) is 56.7 Å². The monoisotopic (exact) mass is 548 g/mol. The van der Waals surface area contributed by atoms with E-state index < -0.39 is 12.1 Å². The van der Waals surface area contributed by atoms with Crippen molar-refractivity contribution in [3.05, 3.63) is 70.4 Å². The third kappa shape index (κ3) is 6.30. The number of aryl methyl sites for hydroxylation is 2. The van der Waals surface area contributed by atoms with Gasteiger partial charge in [0.1, 0.15) is 17.8 Å². The number of amides is 3. The van der Waals surface area contributed by atoms with Crippen LogP contribution < -0.4 is 5.32 Å². The topological polar surface area (TPSA) is 103 Å². The standard InChI is InChI=1S/C30H36N4O4S/c1-19(2)27(33(18-35)16-24-9-6-5-8-20(24)3)30(38)34-13-7-10-25(34)29(37)31-15-23-12-11-22(14-26(23)36)28-21(4)32-17-39-28/h5-6,8-9,11-12,14,17-19,25,27,36H,7,10,13,15-16H2,1-4H3,(H,31,37).